The summed E-state index contributed by atoms with van der Waals surface area (Å²) >= 11 is 7.45. The number of thioether (sulfide) groups is 1. The maximum absolute atomic E-state index is 5.93. The Morgan fingerprint density at radius 2 is 1.59 bits per heavy atom. The Kier molecular flexibility index (Phi) is 6.51. The van der Waals surface area contributed by atoms with Crippen LogP contribution in [0.3, 0.4) is 0 Å². The normalized spacial score (nSPS) is 14.5. The van der Waals surface area contributed by atoms with Gasteiger partial charge in [0.05, 0.1) is 11.4 Å². The monoisotopic (exact) mass is 462 g/mol. The smallest absolute Gasteiger partial charge is 0.237 e. The first-order chi connectivity index (χ1) is 15.7. The van der Waals surface area contributed by atoms with Crippen LogP contribution in [0.15, 0.2) is 70.2 Å². The molecule has 162 valence electrons. The van der Waals surface area contributed by atoms with Gasteiger partial charge in [0.15, 0.2) is 0 Å². The molecule has 0 spiro atoms. The van der Waals surface area contributed by atoms with Gasteiger partial charge in [-0.1, -0.05) is 72.0 Å². The van der Waals surface area contributed by atoms with Crippen molar-refractivity contribution in [3.05, 3.63) is 77.1 Å². The fourth-order valence-corrected chi connectivity index (χ4v) is 4.86. The van der Waals surface area contributed by atoms with Crippen LogP contribution >= 0.6 is 23.4 Å². The molecule has 1 aliphatic rings. The Morgan fingerprint density at radius 1 is 0.844 bits per heavy atom. The van der Waals surface area contributed by atoms with Crippen molar-refractivity contribution in [2.45, 2.75) is 48.8 Å². The number of benzene rings is 2. The minimum atomic E-state index is 0.532. The Balaban J connectivity index is 1.19. The summed E-state index contributed by atoms with van der Waals surface area (Å²) in [7, 11) is 0. The molecule has 2 aromatic heterocycles. The molecule has 5 nitrogen and oxygen atoms in total. The number of hydrogen-bond acceptors (Lipinski definition) is 6. The van der Waals surface area contributed by atoms with Crippen LogP contribution in [0, 0.1) is 0 Å². The number of hydrogen-bond donors (Lipinski definition) is 0. The number of aromatic nitrogens is 4. The fourth-order valence-electron chi connectivity index (χ4n) is 4.08. The summed E-state index contributed by atoms with van der Waals surface area (Å²) in [6.07, 6.45) is 6.70. The van der Waals surface area contributed by atoms with Crippen LogP contribution in [0.4, 0.5) is 0 Å². The number of rotatable bonds is 6. The molecule has 4 aromatic rings. The molecule has 0 bridgehead atoms. The van der Waals surface area contributed by atoms with E-state index < -0.39 is 0 Å². The van der Waals surface area contributed by atoms with Crippen LogP contribution in [-0.2, 0) is 5.75 Å². The summed E-state index contributed by atoms with van der Waals surface area (Å²) < 4.78 is 5.36. The maximum atomic E-state index is 5.93. The molecular formula is C25H23ClN4OS. The second-order valence-corrected chi connectivity index (χ2v) is 9.45. The van der Waals surface area contributed by atoms with Crippen molar-refractivity contribution < 1.29 is 4.52 Å². The van der Waals surface area contributed by atoms with E-state index in [1.807, 2.05) is 36.4 Å². The zero-order valence-electron chi connectivity index (χ0n) is 17.6. The molecular weight excluding hydrogens is 440 g/mol. The lowest BCUT2D eigenvalue weighted by Gasteiger charge is -2.22. The summed E-state index contributed by atoms with van der Waals surface area (Å²) in [6, 6.07) is 20.2. The van der Waals surface area contributed by atoms with Gasteiger partial charge in [-0.25, -0.2) is 0 Å². The molecule has 2 heterocycles. The largest absolute Gasteiger partial charge is 0.338 e. The van der Waals surface area contributed by atoms with E-state index in [0.717, 1.165) is 21.8 Å². The Hall–Kier alpha value is -2.70. The molecule has 1 saturated carbocycles. The minimum absolute atomic E-state index is 0.532. The van der Waals surface area contributed by atoms with Crippen LogP contribution in [0.1, 0.15) is 49.5 Å². The van der Waals surface area contributed by atoms with Crippen molar-refractivity contribution in [3.63, 3.8) is 0 Å². The van der Waals surface area contributed by atoms with Crippen molar-refractivity contribution in [2.24, 2.45) is 0 Å². The highest BCUT2D eigenvalue weighted by molar-refractivity contribution is 7.98. The van der Waals surface area contributed by atoms with Crippen LogP contribution < -0.4 is 0 Å². The van der Waals surface area contributed by atoms with E-state index in [0.29, 0.717) is 28.4 Å². The predicted molar refractivity (Wildman–Crippen MR) is 128 cm³/mol. The quantitative estimate of drug-likeness (QED) is 0.282. The second kappa shape index (κ2) is 9.84. The lowest BCUT2D eigenvalue weighted by molar-refractivity contribution is 0.391. The summed E-state index contributed by atoms with van der Waals surface area (Å²) in [5, 5.41) is 14.3. The van der Waals surface area contributed by atoms with E-state index in [2.05, 4.69) is 44.6 Å². The lowest BCUT2D eigenvalue weighted by atomic mass is 9.84. The molecule has 1 fully saturated rings. The highest BCUT2D eigenvalue weighted by Gasteiger charge is 2.15. The molecule has 7 heteroatoms. The molecule has 0 radical (unpaired) electrons. The zero-order chi connectivity index (χ0) is 21.8. The van der Waals surface area contributed by atoms with Crippen LogP contribution in [0.5, 0.6) is 0 Å². The van der Waals surface area contributed by atoms with Crippen molar-refractivity contribution in [3.8, 4) is 22.6 Å². The molecule has 1 aliphatic carbocycles. The Labute approximate surface area is 196 Å². The Morgan fingerprint density at radius 3 is 2.31 bits per heavy atom. The van der Waals surface area contributed by atoms with Gasteiger partial charge in [-0.05, 0) is 60.7 Å². The average Bonchev–Trinajstić information content (AvgIpc) is 3.33. The van der Waals surface area contributed by atoms with Crippen molar-refractivity contribution in [1.29, 1.82) is 0 Å². The van der Waals surface area contributed by atoms with Gasteiger partial charge < -0.3 is 4.52 Å². The molecule has 0 N–H and O–H groups in total. The highest BCUT2D eigenvalue weighted by atomic mass is 35.5. The second-order valence-electron chi connectivity index (χ2n) is 8.02. The third-order valence-electron chi connectivity index (χ3n) is 5.84. The predicted octanol–water partition coefficient (Wildman–Crippen LogP) is 7.19. The van der Waals surface area contributed by atoms with E-state index in [1.165, 1.54) is 49.4 Å². The van der Waals surface area contributed by atoms with Crippen LogP contribution in [0.25, 0.3) is 22.6 Å². The number of halogens is 1. The first-order valence-corrected chi connectivity index (χ1v) is 12.3. The molecule has 5 rings (SSSR count). The maximum Gasteiger partial charge on any atom is 0.237 e. The van der Waals surface area contributed by atoms with Crippen molar-refractivity contribution >= 4 is 23.4 Å². The summed E-state index contributed by atoms with van der Waals surface area (Å²) in [4.78, 5) is 4.45. The first kappa shape index (κ1) is 21.2. The van der Waals surface area contributed by atoms with E-state index in [4.69, 9.17) is 16.1 Å². The number of nitrogens with zero attached hydrogens (tertiary/aromatic N) is 4. The Bertz CT molecular complexity index is 1150. The fraction of sp³-hybridized carbons (Fsp3) is 0.280. The van der Waals surface area contributed by atoms with Gasteiger partial charge in [0.2, 0.25) is 11.7 Å². The van der Waals surface area contributed by atoms with E-state index in [-0.39, 0.29) is 0 Å². The van der Waals surface area contributed by atoms with Gasteiger partial charge in [0.25, 0.3) is 0 Å². The lowest BCUT2D eigenvalue weighted by Crippen LogP contribution is -2.04. The van der Waals surface area contributed by atoms with Crippen LogP contribution in [0.2, 0.25) is 5.02 Å². The first-order valence-electron chi connectivity index (χ1n) is 10.9. The van der Waals surface area contributed by atoms with Crippen molar-refractivity contribution in [2.75, 3.05) is 0 Å². The van der Waals surface area contributed by atoms with Gasteiger partial charge in [0.1, 0.15) is 5.03 Å². The molecule has 0 atom stereocenters. The molecule has 0 aliphatic heterocycles. The van der Waals surface area contributed by atoms with Crippen molar-refractivity contribution in [1.82, 2.24) is 20.3 Å². The third-order valence-corrected chi connectivity index (χ3v) is 6.99. The van der Waals surface area contributed by atoms with Gasteiger partial charge >= 0.3 is 0 Å². The van der Waals surface area contributed by atoms with E-state index in [1.54, 1.807) is 0 Å². The van der Waals surface area contributed by atoms with Gasteiger partial charge in [-0.15, -0.1) is 10.2 Å². The van der Waals surface area contributed by atoms with Gasteiger partial charge in [-0.3, -0.25) is 0 Å². The molecule has 2 aromatic carbocycles. The molecule has 0 amide bonds. The molecule has 0 saturated heterocycles. The summed E-state index contributed by atoms with van der Waals surface area (Å²) in [5.74, 6) is 2.34. The van der Waals surface area contributed by atoms with E-state index in [9.17, 15) is 0 Å². The van der Waals surface area contributed by atoms with Gasteiger partial charge in [0, 0.05) is 16.1 Å². The topological polar surface area (TPSA) is 64.7 Å². The van der Waals surface area contributed by atoms with E-state index >= 15 is 0 Å². The molecule has 0 unspecified atom stereocenters. The highest BCUT2D eigenvalue weighted by Crippen LogP contribution is 2.33. The summed E-state index contributed by atoms with van der Waals surface area (Å²) in [6.45, 7) is 0. The average molecular weight is 463 g/mol. The minimum Gasteiger partial charge on any atom is -0.338 e. The van der Waals surface area contributed by atoms with Gasteiger partial charge in [-0.2, -0.15) is 4.98 Å². The molecule has 32 heavy (non-hydrogen) atoms. The van der Waals surface area contributed by atoms with Crippen LogP contribution in [-0.4, -0.2) is 20.3 Å². The summed E-state index contributed by atoms with van der Waals surface area (Å²) in [5.41, 5.74) is 4.30. The third kappa shape index (κ3) is 5.03. The zero-order valence-corrected chi connectivity index (χ0v) is 19.1. The SMILES string of the molecule is Clc1ccc(-c2noc(CSc3ccc(-c4ccc(C5CCCCC5)cc4)nn3)n2)cc1. The standard InChI is InChI=1S/C25H23ClN4OS/c26-21-12-10-20(11-13-21)25-27-23(31-30-25)16-32-24-15-14-22(28-29-24)19-8-6-18(7-9-19)17-4-2-1-3-5-17/h6-15,17H,1-5,16H2.